The summed E-state index contributed by atoms with van der Waals surface area (Å²) in [5.74, 6) is 0. The van der Waals surface area contributed by atoms with Crippen molar-refractivity contribution in [2.24, 2.45) is 0 Å². The minimum atomic E-state index is -4.84. The fourth-order valence-electron chi connectivity index (χ4n) is 3.99. The molecular formula is C19H25ClF3N3O3S. The summed E-state index contributed by atoms with van der Waals surface area (Å²) in [6.45, 7) is 0.0489. The summed E-state index contributed by atoms with van der Waals surface area (Å²) in [5, 5.41) is 5.61. The van der Waals surface area contributed by atoms with E-state index in [0.29, 0.717) is 18.9 Å². The fraction of sp³-hybridized carbons (Fsp3) is 0.632. The quantitative estimate of drug-likeness (QED) is 0.698. The third-order valence-electron chi connectivity index (χ3n) is 5.59. The molecule has 1 aromatic carbocycles. The number of halogens is 4. The lowest BCUT2D eigenvalue weighted by Crippen LogP contribution is -2.51. The van der Waals surface area contributed by atoms with E-state index in [1.165, 1.54) is 6.42 Å². The first-order valence-electron chi connectivity index (χ1n) is 10.0. The van der Waals surface area contributed by atoms with Gasteiger partial charge in [0.1, 0.15) is 0 Å². The lowest BCUT2D eigenvalue weighted by molar-refractivity contribution is -0.139. The van der Waals surface area contributed by atoms with Crippen LogP contribution in [0.25, 0.3) is 0 Å². The van der Waals surface area contributed by atoms with Gasteiger partial charge in [0.25, 0.3) is 0 Å². The first kappa shape index (κ1) is 23.1. The van der Waals surface area contributed by atoms with Crippen LogP contribution in [0.15, 0.2) is 23.1 Å². The van der Waals surface area contributed by atoms with Crippen molar-refractivity contribution in [3.63, 3.8) is 0 Å². The van der Waals surface area contributed by atoms with E-state index in [0.717, 1.165) is 42.1 Å². The molecule has 2 amide bonds. The standard InChI is InChI=1S/C19H25ClF3N3O3S/c20-13-6-7-17(16(12-13)19(21,22)23)30(28,29)26-10-8-15(9-11-26)25-18(27)24-14-4-2-1-3-5-14/h6-7,12,14-15H,1-5,8-11H2,(H2,24,25,27). The maximum atomic E-state index is 13.3. The van der Waals surface area contributed by atoms with Crippen molar-refractivity contribution in [3.05, 3.63) is 28.8 Å². The van der Waals surface area contributed by atoms with Crippen LogP contribution in [0.1, 0.15) is 50.5 Å². The summed E-state index contributed by atoms with van der Waals surface area (Å²) in [6, 6.07) is 2.30. The van der Waals surface area contributed by atoms with Gasteiger partial charge in [-0.15, -0.1) is 0 Å². The smallest absolute Gasteiger partial charge is 0.335 e. The lowest BCUT2D eigenvalue weighted by Gasteiger charge is -2.32. The number of rotatable bonds is 4. The molecule has 0 unspecified atom stereocenters. The SMILES string of the molecule is O=C(NC1CCCCC1)NC1CCN(S(=O)(=O)c2ccc(Cl)cc2C(F)(F)F)CC1. The van der Waals surface area contributed by atoms with Crippen LogP contribution in [0.2, 0.25) is 5.02 Å². The summed E-state index contributed by atoms with van der Waals surface area (Å²) >= 11 is 5.64. The highest BCUT2D eigenvalue weighted by Gasteiger charge is 2.40. The molecule has 2 fully saturated rings. The van der Waals surface area contributed by atoms with Gasteiger partial charge in [-0.25, -0.2) is 13.2 Å². The maximum absolute atomic E-state index is 13.3. The largest absolute Gasteiger partial charge is 0.417 e. The Hall–Kier alpha value is -1.52. The molecule has 0 spiro atoms. The summed E-state index contributed by atoms with van der Waals surface area (Å²) in [5.41, 5.74) is -1.28. The predicted molar refractivity (Wildman–Crippen MR) is 107 cm³/mol. The van der Waals surface area contributed by atoms with E-state index in [9.17, 15) is 26.4 Å². The third kappa shape index (κ3) is 5.59. The molecule has 0 atom stereocenters. The molecule has 0 bridgehead atoms. The van der Waals surface area contributed by atoms with Gasteiger partial charge in [0.15, 0.2) is 0 Å². The second kappa shape index (κ2) is 9.32. The van der Waals surface area contributed by atoms with Crippen molar-refractivity contribution in [2.45, 2.75) is 68.1 Å². The average Bonchev–Trinajstić information content (AvgIpc) is 2.68. The monoisotopic (exact) mass is 467 g/mol. The molecule has 2 aliphatic rings. The van der Waals surface area contributed by atoms with Gasteiger partial charge in [-0.3, -0.25) is 0 Å². The van der Waals surface area contributed by atoms with Crippen molar-refractivity contribution < 1.29 is 26.4 Å². The summed E-state index contributed by atoms with van der Waals surface area (Å²) in [6.07, 6.45) is 1.07. The molecule has 1 heterocycles. The van der Waals surface area contributed by atoms with Crippen LogP contribution in [-0.2, 0) is 16.2 Å². The summed E-state index contributed by atoms with van der Waals surface area (Å²) < 4.78 is 66.7. The Morgan fingerprint density at radius 2 is 1.57 bits per heavy atom. The number of piperidine rings is 1. The van der Waals surface area contributed by atoms with Gasteiger partial charge < -0.3 is 10.6 Å². The molecule has 2 N–H and O–H groups in total. The topological polar surface area (TPSA) is 78.5 Å². The lowest BCUT2D eigenvalue weighted by atomic mass is 9.96. The molecule has 6 nitrogen and oxygen atoms in total. The van der Waals surface area contributed by atoms with Crippen molar-refractivity contribution in [1.29, 1.82) is 0 Å². The maximum Gasteiger partial charge on any atom is 0.417 e. The first-order valence-corrected chi connectivity index (χ1v) is 11.8. The molecule has 3 rings (SSSR count). The molecule has 11 heteroatoms. The normalized spacial score (nSPS) is 20.1. The van der Waals surface area contributed by atoms with E-state index in [-0.39, 0.29) is 36.2 Å². The summed E-state index contributed by atoms with van der Waals surface area (Å²) in [4.78, 5) is 11.4. The predicted octanol–water partition coefficient (Wildman–Crippen LogP) is 4.14. The van der Waals surface area contributed by atoms with E-state index >= 15 is 0 Å². The van der Waals surface area contributed by atoms with Crippen LogP contribution >= 0.6 is 11.6 Å². The number of carbonyl (C=O) groups is 1. The first-order chi connectivity index (χ1) is 14.1. The van der Waals surface area contributed by atoms with Gasteiger partial charge in [0.2, 0.25) is 10.0 Å². The highest BCUT2D eigenvalue weighted by atomic mass is 35.5. The molecule has 1 aliphatic heterocycles. The van der Waals surface area contributed by atoms with E-state index in [2.05, 4.69) is 10.6 Å². The van der Waals surface area contributed by atoms with Crippen molar-refractivity contribution in [3.8, 4) is 0 Å². The number of amides is 2. The molecule has 168 valence electrons. The Kier molecular flexibility index (Phi) is 7.19. The average molecular weight is 468 g/mol. The van der Waals surface area contributed by atoms with Gasteiger partial charge in [-0.05, 0) is 43.9 Å². The van der Waals surface area contributed by atoms with Crippen LogP contribution in [0.5, 0.6) is 0 Å². The molecule has 0 radical (unpaired) electrons. The van der Waals surface area contributed by atoms with E-state index in [1.54, 1.807) is 0 Å². The van der Waals surface area contributed by atoms with Crippen LogP contribution in [0.4, 0.5) is 18.0 Å². The molecule has 1 saturated carbocycles. The van der Waals surface area contributed by atoms with Crippen LogP contribution in [-0.4, -0.2) is 43.9 Å². The molecule has 30 heavy (non-hydrogen) atoms. The number of sulfonamides is 1. The number of nitrogens with one attached hydrogen (secondary N) is 2. The van der Waals surface area contributed by atoms with E-state index in [1.807, 2.05) is 0 Å². The van der Waals surface area contributed by atoms with Crippen LogP contribution in [0, 0.1) is 0 Å². The molecular weight excluding hydrogens is 443 g/mol. The zero-order valence-corrected chi connectivity index (χ0v) is 17.9. The van der Waals surface area contributed by atoms with Gasteiger partial charge >= 0.3 is 12.2 Å². The number of alkyl halides is 3. The van der Waals surface area contributed by atoms with Gasteiger partial charge in [0, 0.05) is 30.2 Å². The Labute approximate surface area is 179 Å². The highest BCUT2D eigenvalue weighted by molar-refractivity contribution is 7.89. The number of urea groups is 1. The Morgan fingerprint density at radius 3 is 2.13 bits per heavy atom. The Balaban J connectivity index is 1.61. The number of hydrogen-bond donors (Lipinski definition) is 2. The minimum Gasteiger partial charge on any atom is -0.335 e. The zero-order valence-electron chi connectivity index (χ0n) is 16.3. The zero-order chi connectivity index (χ0) is 21.9. The van der Waals surface area contributed by atoms with E-state index in [4.69, 9.17) is 11.6 Å². The Bertz CT molecular complexity index is 866. The molecule has 1 aromatic rings. The molecule has 1 aliphatic carbocycles. The summed E-state index contributed by atoms with van der Waals surface area (Å²) in [7, 11) is -4.34. The van der Waals surface area contributed by atoms with E-state index < -0.39 is 26.7 Å². The minimum absolute atomic E-state index is 0.0244. The van der Waals surface area contributed by atoms with Crippen LogP contribution < -0.4 is 10.6 Å². The Morgan fingerprint density at radius 1 is 1.00 bits per heavy atom. The van der Waals surface area contributed by atoms with Crippen molar-refractivity contribution in [2.75, 3.05) is 13.1 Å². The second-order valence-corrected chi connectivity index (χ2v) is 10.1. The number of hydrogen-bond acceptors (Lipinski definition) is 3. The number of benzene rings is 1. The van der Waals surface area contributed by atoms with Gasteiger partial charge in [-0.1, -0.05) is 30.9 Å². The molecule has 1 saturated heterocycles. The number of nitrogens with zero attached hydrogens (tertiary/aromatic N) is 1. The second-order valence-electron chi connectivity index (χ2n) is 7.77. The highest BCUT2D eigenvalue weighted by Crippen LogP contribution is 2.37. The van der Waals surface area contributed by atoms with Gasteiger partial charge in [0.05, 0.1) is 10.5 Å². The third-order valence-corrected chi connectivity index (χ3v) is 7.79. The number of carbonyl (C=O) groups excluding carboxylic acids is 1. The van der Waals surface area contributed by atoms with Crippen molar-refractivity contribution in [1.82, 2.24) is 14.9 Å². The fourth-order valence-corrected chi connectivity index (χ4v) is 5.82. The van der Waals surface area contributed by atoms with Crippen LogP contribution in [0.3, 0.4) is 0 Å². The molecule has 0 aromatic heterocycles. The van der Waals surface area contributed by atoms with Gasteiger partial charge in [-0.2, -0.15) is 17.5 Å². The van der Waals surface area contributed by atoms with Crippen molar-refractivity contribution >= 4 is 27.7 Å².